The zero-order chi connectivity index (χ0) is 9.97. The van der Waals surface area contributed by atoms with Crippen LogP contribution in [0.1, 0.15) is 18.6 Å². The first-order chi connectivity index (χ1) is 6.77. The van der Waals surface area contributed by atoms with Gasteiger partial charge in [0.05, 0.1) is 6.26 Å². The lowest BCUT2D eigenvalue weighted by molar-refractivity contribution is -0.153. The van der Waals surface area contributed by atoms with Gasteiger partial charge in [-0.05, 0) is 30.9 Å². The van der Waals surface area contributed by atoms with Crippen LogP contribution in [0.2, 0.25) is 0 Å². The standard InChI is InChI=1S/C10H12O4/c11-10(12)9(7-3-4-7)14-6-8-2-1-5-13-8/h1-2,5,7,9H,3-4,6H2,(H,11,12). The average molecular weight is 196 g/mol. The van der Waals surface area contributed by atoms with E-state index in [0.29, 0.717) is 5.76 Å². The summed E-state index contributed by atoms with van der Waals surface area (Å²) in [6, 6.07) is 3.53. The van der Waals surface area contributed by atoms with Crippen molar-refractivity contribution in [3.05, 3.63) is 24.2 Å². The molecule has 1 aromatic rings. The third kappa shape index (κ3) is 2.14. The van der Waals surface area contributed by atoms with Crippen molar-refractivity contribution in [1.29, 1.82) is 0 Å². The minimum atomic E-state index is -0.876. The summed E-state index contributed by atoms with van der Waals surface area (Å²) in [6.07, 6.45) is 2.79. The largest absolute Gasteiger partial charge is 0.479 e. The fraction of sp³-hybridized carbons (Fsp3) is 0.500. The van der Waals surface area contributed by atoms with Crippen molar-refractivity contribution in [1.82, 2.24) is 0 Å². The second kappa shape index (κ2) is 3.84. The Morgan fingerprint density at radius 3 is 3.00 bits per heavy atom. The molecular weight excluding hydrogens is 184 g/mol. The molecule has 1 aliphatic rings. The molecule has 1 N–H and O–H groups in total. The number of hydrogen-bond donors (Lipinski definition) is 1. The van der Waals surface area contributed by atoms with Crippen LogP contribution >= 0.6 is 0 Å². The molecule has 0 amide bonds. The molecule has 1 atom stereocenters. The molecule has 0 aliphatic heterocycles. The van der Waals surface area contributed by atoms with Crippen LogP contribution in [0.5, 0.6) is 0 Å². The van der Waals surface area contributed by atoms with Gasteiger partial charge in [0.25, 0.3) is 0 Å². The minimum Gasteiger partial charge on any atom is -0.479 e. The van der Waals surface area contributed by atoms with Gasteiger partial charge < -0.3 is 14.3 Å². The Morgan fingerprint density at radius 2 is 2.50 bits per heavy atom. The summed E-state index contributed by atoms with van der Waals surface area (Å²) >= 11 is 0. The third-order valence-corrected chi connectivity index (χ3v) is 2.28. The van der Waals surface area contributed by atoms with Crippen molar-refractivity contribution < 1.29 is 19.1 Å². The van der Waals surface area contributed by atoms with E-state index >= 15 is 0 Å². The third-order valence-electron chi connectivity index (χ3n) is 2.28. The highest BCUT2D eigenvalue weighted by Crippen LogP contribution is 2.34. The van der Waals surface area contributed by atoms with Crippen LogP contribution in [0.15, 0.2) is 22.8 Å². The number of ether oxygens (including phenoxy) is 1. The van der Waals surface area contributed by atoms with E-state index in [2.05, 4.69) is 0 Å². The number of aliphatic carboxylic acids is 1. The summed E-state index contributed by atoms with van der Waals surface area (Å²) < 4.78 is 10.3. The number of carboxylic acid groups (broad SMARTS) is 1. The smallest absolute Gasteiger partial charge is 0.333 e. The van der Waals surface area contributed by atoms with Crippen LogP contribution in [-0.2, 0) is 16.1 Å². The SMILES string of the molecule is O=C(O)C(OCc1ccco1)C1CC1. The van der Waals surface area contributed by atoms with Crippen molar-refractivity contribution in [2.24, 2.45) is 5.92 Å². The average Bonchev–Trinajstić information content (AvgIpc) is 2.82. The lowest BCUT2D eigenvalue weighted by Gasteiger charge is -2.10. The van der Waals surface area contributed by atoms with Gasteiger partial charge in [-0.15, -0.1) is 0 Å². The van der Waals surface area contributed by atoms with Crippen LogP contribution in [0.25, 0.3) is 0 Å². The minimum absolute atomic E-state index is 0.197. The lowest BCUT2D eigenvalue weighted by Crippen LogP contribution is -2.25. The molecule has 0 radical (unpaired) electrons. The second-order valence-corrected chi connectivity index (χ2v) is 3.49. The molecule has 0 bridgehead atoms. The molecule has 1 heterocycles. The van der Waals surface area contributed by atoms with Gasteiger partial charge in [-0.1, -0.05) is 0 Å². The molecule has 0 saturated heterocycles. The molecule has 2 rings (SSSR count). The van der Waals surface area contributed by atoms with Crippen LogP contribution in [0, 0.1) is 5.92 Å². The first kappa shape index (κ1) is 9.27. The van der Waals surface area contributed by atoms with Crippen molar-refractivity contribution in [3.63, 3.8) is 0 Å². The van der Waals surface area contributed by atoms with Crippen LogP contribution in [0.4, 0.5) is 0 Å². The van der Waals surface area contributed by atoms with Crippen LogP contribution in [-0.4, -0.2) is 17.2 Å². The molecule has 1 saturated carbocycles. The molecule has 76 valence electrons. The predicted molar refractivity (Wildman–Crippen MR) is 47.6 cm³/mol. The molecule has 14 heavy (non-hydrogen) atoms. The van der Waals surface area contributed by atoms with E-state index in [9.17, 15) is 4.79 Å². The first-order valence-electron chi connectivity index (χ1n) is 4.64. The first-order valence-corrected chi connectivity index (χ1v) is 4.64. The Kier molecular flexibility index (Phi) is 2.54. The van der Waals surface area contributed by atoms with Crippen molar-refractivity contribution in [2.75, 3.05) is 0 Å². The highest BCUT2D eigenvalue weighted by molar-refractivity contribution is 5.73. The molecule has 0 spiro atoms. The number of furan rings is 1. The molecule has 1 aromatic heterocycles. The molecule has 1 unspecified atom stereocenters. The summed E-state index contributed by atoms with van der Waals surface area (Å²) in [5.41, 5.74) is 0. The Morgan fingerprint density at radius 1 is 1.71 bits per heavy atom. The van der Waals surface area contributed by atoms with Gasteiger partial charge in [-0.3, -0.25) is 0 Å². The number of hydrogen-bond acceptors (Lipinski definition) is 3. The zero-order valence-electron chi connectivity index (χ0n) is 7.68. The van der Waals surface area contributed by atoms with E-state index in [-0.39, 0.29) is 12.5 Å². The fourth-order valence-corrected chi connectivity index (χ4v) is 1.37. The second-order valence-electron chi connectivity index (χ2n) is 3.49. The lowest BCUT2D eigenvalue weighted by atomic mass is 10.2. The monoisotopic (exact) mass is 196 g/mol. The number of carbonyl (C=O) groups is 1. The Labute approximate surface area is 81.5 Å². The zero-order valence-corrected chi connectivity index (χ0v) is 7.68. The molecule has 4 heteroatoms. The van der Waals surface area contributed by atoms with Gasteiger partial charge in [0.15, 0.2) is 6.10 Å². The van der Waals surface area contributed by atoms with Crippen molar-refractivity contribution >= 4 is 5.97 Å². The quantitative estimate of drug-likeness (QED) is 0.778. The van der Waals surface area contributed by atoms with Crippen LogP contribution in [0.3, 0.4) is 0 Å². The molecular formula is C10H12O4. The van der Waals surface area contributed by atoms with Gasteiger partial charge in [-0.25, -0.2) is 4.79 Å². The summed E-state index contributed by atoms with van der Waals surface area (Å²) in [7, 11) is 0. The van der Waals surface area contributed by atoms with E-state index in [1.165, 1.54) is 0 Å². The van der Waals surface area contributed by atoms with E-state index in [1.807, 2.05) is 0 Å². The topological polar surface area (TPSA) is 59.7 Å². The summed E-state index contributed by atoms with van der Waals surface area (Å²) in [5, 5.41) is 8.86. The maximum absolute atomic E-state index is 10.8. The van der Waals surface area contributed by atoms with E-state index in [4.69, 9.17) is 14.3 Å². The summed E-state index contributed by atoms with van der Waals surface area (Å²) in [6.45, 7) is 0.237. The highest BCUT2D eigenvalue weighted by Gasteiger charge is 2.37. The normalized spacial score (nSPS) is 18.0. The maximum Gasteiger partial charge on any atom is 0.333 e. The van der Waals surface area contributed by atoms with Crippen molar-refractivity contribution in [3.8, 4) is 0 Å². The Balaban J connectivity index is 1.85. The molecule has 1 fully saturated rings. The van der Waals surface area contributed by atoms with Gasteiger partial charge >= 0.3 is 5.97 Å². The van der Waals surface area contributed by atoms with Crippen LogP contribution < -0.4 is 0 Å². The molecule has 0 aromatic carbocycles. The van der Waals surface area contributed by atoms with Gasteiger partial charge in [0.1, 0.15) is 12.4 Å². The number of rotatable bonds is 5. The summed E-state index contributed by atoms with van der Waals surface area (Å²) in [4.78, 5) is 10.8. The highest BCUT2D eigenvalue weighted by atomic mass is 16.5. The van der Waals surface area contributed by atoms with Crippen molar-refractivity contribution in [2.45, 2.75) is 25.6 Å². The Hall–Kier alpha value is -1.29. The predicted octanol–water partition coefficient (Wildman–Crippen LogP) is 1.66. The maximum atomic E-state index is 10.8. The van der Waals surface area contributed by atoms with E-state index < -0.39 is 12.1 Å². The summed E-state index contributed by atoms with van der Waals surface area (Å²) in [5.74, 6) is -0.0154. The number of carboxylic acids is 1. The molecule has 1 aliphatic carbocycles. The molecule has 4 nitrogen and oxygen atoms in total. The van der Waals surface area contributed by atoms with Gasteiger partial charge in [-0.2, -0.15) is 0 Å². The van der Waals surface area contributed by atoms with E-state index in [0.717, 1.165) is 12.8 Å². The van der Waals surface area contributed by atoms with Gasteiger partial charge in [0, 0.05) is 0 Å². The van der Waals surface area contributed by atoms with E-state index in [1.54, 1.807) is 18.4 Å². The fourth-order valence-electron chi connectivity index (χ4n) is 1.37. The Bertz CT molecular complexity index is 300. The van der Waals surface area contributed by atoms with Gasteiger partial charge in [0.2, 0.25) is 0 Å².